The number of hydrogen-bond acceptors (Lipinski definition) is 4. The third kappa shape index (κ3) is 2.98. The monoisotopic (exact) mass is 254 g/mol. The van der Waals surface area contributed by atoms with Gasteiger partial charge in [-0.1, -0.05) is 18.2 Å². The van der Waals surface area contributed by atoms with Crippen LogP contribution in [0.1, 0.15) is 5.56 Å². The van der Waals surface area contributed by atoms with Crippen LogP contribution in [0.4, 0.5) is 5.69 Å². The van der Waals surface area contributed by atoms with Crippen molar-refractivity contribution in [3.8, 4) is 0 Å². The number of rotatable bonds is 3. The molecule has 94 valence electrons. The summed E-state index contributed by atoms with van der Waals surface area (Å²) in [5, 5.41) is 0. The zero-order chi connectivity index (χ0) is 12.3. The van der Waals surface area contributed by atoms with Gasteiger partial charge in [-0.15, -0.1) is 0 Å². The number of nitrogens with zero attached hydrogens (tertiary/aromatic N) is 1. The van der Waals surface area contributed by atoms with Gasteiger partial charge >= 0.3 is 0 Å². The molecule has 5 heteroatoms. The summed E-state index contributed by atoms with van der Waals surface area (Å²) < 4.78 is 22.8. The Morgan fingerprint density at radius 1 is 1.18 bits per heavy atom. The van der Waals surface area contributed by atoms with Crippen LogP contribution in [0, 0.1) is 0 Å². The highest BCUT2D eigenvalue weighted by Gasteiger charge is 2.22. The standard InChI is InChI=1S/C12H18N2O2S/c13-6-5-11-3-1-2-4-12(11)14-7-9-17(15,16)10-8-14/h1-4H,5-10,13H2. The summed E-state index contributed by atoms with van der Waals surface area (Å²) >= 11 is 0. The van der Waals surface area contributed by atoms with Crippen molar-refractivity contribution in [1.29, 1.82) is 0 Å². The molecule has 2 rings (SSSR count). The summed E-state index contributed by atoms with van der Waals surface area (Å²) in [6, 6.07) is 8.09. The number of benzene rings is 1. The fraction of sp³-hybridized carbons (Fsp3) is 0.500. The predicted octanol–water partition coefficient (Wildman–Crippen LogP) is 0.423. The first kappa shape index (κ1) is 12.4. The minimum Gasteiger partial charge on any atom is -0.369 e. The van der Waals surface area contributed by atoms with E-state index in [9.17, 15) is 8.42 Å². The molecule has 1 saturated heterocycles. The van der Waals surface area contributed by atoms with E-state index in [1.807, 2.05) is 18.2 Å². The first-order valence-corrected chi connectivity index (χ1v) is 7.68. The summed E-state index contributed by atoms with van der Waals surface area (Å²) in [6.07, 6.45) is 0.833. The fourth-order valence-electron chi connectivity index (χ4n) is 2.14. The van der Waals surface area contributed by atoms with E-state index in [0.717, 1.165) is 12.1 Å². The molecule has 4 nitrogen and oxygen atoms in total. The highest BCUT2D eigenvalue weighted by atomic mass is 32.2. The maximum absolute atomic E-state index is 11.4. The molecule has 0 aliphatic carbocycles. The lowest BCUT2D eigenvalue weighted by Gasteiger charge is -2.30. The molecular formula is C12H18N2O2S. The van der Waals surface area contributed by atoms with Crippen molar-refractivity contribution >= 4 is 15.5 Å². The van der Waals surface area contributed by atoms with Crippen molar-refractivity contribution in [2.75, 3.05) is 36.0 Å². The zero-order valence-corrected chi connectivity index (χ0v) is 10.6. The Hall–Kier alpha value is -1.07. The van der Waals surface area contributed by atoms with E-state index in [1.54, 1.807) is 0 Å². The van der Waals surface area contributed by atoms with Crippen molar-refractivity contribution in [3.05, 3.63) is 29.8 Å². The SMILES string of the molecule is NCCc1ccccc1N1CCS(=O)(=O)CC1. The van der Waals surface area contributed by atoms with Crippen LogP contribution in [0.25, 0.3) is 0 Å². The first-order valence-electron chi connectivity index (χ1n) is 5.86. The molecule has 0 aromatic heterocycles. The summed E-state index contributed by atoms with van der Waals surface area (Å²) in [5.74, 6) is 0.508. The van der Waals surface area contributed by atoms with E-state index in [2.05, 4.69) is 11.0 Å². The largest absolute Gasteiger partial charge is 0.369 e. The molecule has 1 aromatic rings. The van der Waals surface area contributed by atoms with E-state index in [4.69, 9.17) is 5.73 Å². The van der Waals surface area contributed by atoms with Gasteiger partial charge in [0.05, 0.1) is 11.5 Å². The van der Waals surface area contributed by atoms with Gasteiger partial charge < -0.3 is 10.6 Å². The van der Waals surface area contributed by atoms with Gasteiger partial charge in [-0.25, -0.2) is 8.42 Å². The summed E-state index contributed by atoms with van der Waals surface area (Å²) in [5.41, 5.74) is 7.92. The molecule has 0 amide bonds. The highest BCUT2D eigenvalue weighted by Crippen LogP contribution is 2.22. The van der Waals surface area contributed by atoms with Gasteiger partial charge in [0.1, 0.15) is 0 Å². The van der Waals surface area contributed by atoms with Gasteiger partial charge in [-0.2, -0.15) is 0 Å². The van der Waals surface area contributed by atoms with Gasteiger partial charge in [0.15, 0.2) is 9.84 Å². The molecular weight excluding hydrogens is 236 g/mol. The Morgan fingerprint density at radius 3 is 2.47 bits per heavy atom. The molecule has 0 unspecified atom stereocenters. The van der Waals surface area contributed by atoms with E-state index in [-0.39, 0.29) is 11.5 Å². The molecule has 1 fully saturated rings. The van der Waals surface area contributed by atoms with E-state index < -0.39 is 9.84 Å². The first-order chi connectivity index (χ1) is 8.12. The number of hydrogen-bond donors (Lipinski definition) is 1. The molecule has 2 N–H and O–H groups in total. The Morgan fingerprint density at radius 2 is 1.82 bits per heavy atom. The Kier molecular flexibility index (Phi) is 3.69. The van der Waals surface area contributed by atoms with E-state index >= 15 is 0 Å². The van der Waals surface area contributed by atoms with Gasteiger partial charge in [0, 0.05) is 18.8 Å². The Balaban J connectivity index is 2.18. The second-order valence-corrected chi connectivity index (χ2v) is 6.61. The van der Waals surface area contributed by atoms with Crippen molar-refractivity contribution in [2.45, 2.75) is 6.42 Å². The number of anilines is 1. The van der Waals surface area contributed by atoms with Crippen molar-refractivity contribution in [1.82, 2.24) is 0 Å². The molecule has 0 radical (unpaired) electrons. The third-order valence-electron chi connectivity index (χ3n) is 3.09. The lowest BCUT2D eigenvalue weighted by atomic mass is 10.1. The van der Waals surface area contributed by atoms with Crippen molar-refractivity contribution in [2.24, 2.45) is 5.73 Å². The van der Waals surface area contributed by atoms with Crippen molar-refractivity contribution < 1.29 is 8.42 Å². The van der Waals surface area contributed by atoms with Gasteiger partial charge in [-0.3, -0.25) is 0 Å². The van der Waals surface area contributed by atoms with Crippen LogP contribution in [0.2, 0.25) is 0 Å². The molecule has 1 heterocycles. The number of nitrogens with two attached hydrogens (primary N) is 1. The molecule has 1 aliphatic rings. The van der Waals surface area contributed by atoms with Crippen molar-refractivity contribution in [3.63, 3.8) is 0 Å². The normalized spacial score (nSPS) is 19.2. The maximum Gasteiger partial charge on any atom is 0.153 e. The number of sulfone groups is 1. The smallest absolute Gasteiger partial charge is 0.153 e. The molecule has 0 bridgehead atoms. The van der Waals surface area contributed by atoms with Gasteiger partial charge in [0.25, 0.3) is 0 Å². The molecule has 17 heavy (non-hydrogen) atoms. The molecule has 0 spiro atoms. The lowest BCUT2D eigenvalue weighted by Crippen LogP contribution is -2.40. The second kappa shape index (κ2) is 5.06. The Bertz CT molecular complexity index is 471. The quantitative estimate of drug-likeness (QED) is 0.849. The van der Waals surface area contributed by atoms with Gasteiger partial charge in [-0.05, 0) is 24.6 Å². The number of para-hydroxylation sites is 1. The third-order valence-corrected chi connectivity index (χ3v) is 4.70. The average molecular weight is 254 g/mol. The van der Waals surface area contributed by atoms with E-state index in [1.165, 1.54) is 5.56 Å². The molecule has 1 aromatic carbocycles. The second-order valence-electron chi connectivity index (χ2n) is 4.31. The minimum absolute atomic E-state index is 0.254. The van der Waals surface area contributed by atoms with Crippen LogP contribution in [0.3, 0.4) is 0 Å². The molecule has 1 aliphatic heterocycles. The van der Waals surface area contributed by atoms with Crippen LogP contribution < -0.4 is 10.6 Å². The van der Waals surface area contributed by atoms with Gasteiger partial charge in [0.2, 0.25) is 0 Å². The Labute approximate surface area is 102 Å². The predicted molar refractivity (Wildman–Crippen MR) is 70.1 cm³/mol. The van der Waals surface area contributed by atoms with Crippen LogP contribution in [0.15, 0.2) is 24.3 Å². The van der Waals surface area contributed by atoms with Crippen LogP contribution in [-0.4, -0.2) is 39.6 Å². The topological polar surface area (TPSA) is 63.4 Å². The molecule has 0 atom stereocenters. The van der Waals surface area contributed by atoms with E-state index in [0.29, 0.717) is 19.6 Å². The maximum atomic E-state index is 11.4. The summed E-state index contributed by atoms with van der Waals surface area (Å²) in [6.45, 7) is 1.79. The summed E-state index contributed by atoms with van der Waals surface area (Å²) in [4.78, 5) is 2.14. The molecule has 0 saturated carbocycles. The van der Waals surface area contributed by atoms with Crippen LogP contribution in [0.5, 0.6) is 0 Å². The highest BCUT2D eigenvalue weighted by molar-refractivity contribution is 7.91. The van der Waals surface area contributed by atoms with Crippen LogP contribution in [-0.2, 0) is 16.3 Å². The average Bonchev–Trinajstić information content (AvgIpc) is 2.31. The lowest BCUT2D eigenvalue weighted by molar-refractivity contribution is 0.586. The van der Waals surface area contributed by atoms with Crippen LogP contribution >= 0.6 is 0 Å². The minimum atomic E-state index is -2.82. The fourth-order valence-corrected chi connectivity index (χ4v) is 3.34. The summed E-state index contributed by atoms with van der Waals surface area (Å²) in [7, 11) is -2.82. The zero-order valence-electron chi connectivity index (χ0n) is 9.80.